The van der Waals surface area contributed by atoms with Crippen molar-refractivity contribution in [1.82, 2.24) is 10.3 Å². The number of rotatable bonds is 7. The Kier molecular flexibility index (Phi) is 7.82. The molecule has 3 rings (SSSR count). The van der Waals surface area contributed by atoms with Crippen LogP contribution in [0.4, 0.5) is 0 Å². The predicted octanol–water partition coefficient (Wildman–Crippen LogP) is 4.37. The molecule has 6 nitrogen and oxygen atoms in total. The summed E-state index contributed by atoms with van der Waals surface area (Å²) in [6, 6.07) is 17.0. The van der Waals surface area contributed by atoms with Gasteiger partial charge in [-0.15, -0.1) is 12.4 Å². The number of hydrogen-bond acceptors (Lipinski definition) is 5. The van der Waals surface area contributed by atoms with Gasteiger partial charge in [0.15, 0.2) is 0 Å². The molecule has 0 spiro atoms. The highest BCUT2D eigenvalue weighted by atomic mass is 35.5. The van der Waals surface area contributed by atoms with Crippen molar-refractivity contribution in [2.45, 2.75) is 32.9 Å². The topological polar surface area (TPSA) is 86.5 Å². The molecule has 1 amide bonds. The molecule has 0 bridgehead atoms. The number of benzene rings is 2. The van der Waals surface area contributed by atoms with Crippen LogP contribution in [0.25, 0.3) is 10.9 Å². The summed E-state index contributed by atoms with van der Waals surface area (Å²) < 4.78 is 11.5. The summed E-state index contributed by atoms with van der Waals surface area (Å²) in [7, 11) is 0. The molecule has 0 saturated carbocycles. The average molecular weight is 416 g/mol. The second kappa shape index (κ2) is 10.1. The Morgan fingerprint density at radius 3 is 2.38 bits per heavy atom. The normalized spacial score (nSPS) is 11.6. The first-order chi connectivity index (χ1) is 13.4. The Labute approximate surface area is 176 Å². The average Bonchev–Trinajstić information content (AvgIpc) is 2.68. The molecule has 154 valence electrons. The largest absolute Gasteiger partial charge is 0.491 e. The van der Waals surface area contributed by atoms with E-state index in [0.717, 1.165) is 22.2 Å². The van der Waals surface area contributed by atoms with Gasteiger partial charge in [-0.1, -0.05) is 6.07 Å². The maximum absolute atomic E-state index is 11.5. The lowest BCUT2D eigenvalue weighted by atomic mass is 10.1. The molecular weight excluding hydrogens is 390 g/mol. The zero-order valence-corrected chi connectivity index (χ0v) is 17.5. The fraction of sp³-hybridized carbons (Fsp3) is 0.273. The predicted molar refractivity (Wildman–Crippen MR) is 117 cm³/mol. The van der Waals surface area contributed by atoms with Crippen LogP contribution in [0.5, 0.6) is 17.4 Å². The molecule has 1 aromatic heterocycles. The number of ether oxygens (including phenoxy) is 2. The van der Waals surface area contributed by atoms with Crippen LogP contribution >= 0.6 is 12.4 Å². The number of hydrogen-bond donors (Lipinski definition) is 2. The van der Waals surface area contributed by atoms with Crippen LogP contribution in [-0.4, -0.2) is 23.5 Å². The van der Waals surface area contributed by atoms with Crippen LogP contribution in [-0.2, 0) is 4.79 Å². The second-order valence-corrected chi connectivity index (χ2v) is 6.84. The molecule has 0 radical (unpaired) electrons. The minimum atomic E-state index is -0.181. The lowest BCUT2D eigenvalue weighted by Gasteiger charge is -2.14. The lowest BCUT2D eigenvalue weighted by molar-refractivity contribution is -0.120. The molecule has 0 fully saturated rings. The van der Waals surface area contributed by atoms with Gasteiger partial charge in [-0.25, -0.2) is 4.98 Å². The number of aromatic nitrogens is 1. The zero-order chi connectivity index (χ0) is 20.1. The highest BCUT2D eigenvalue weighted by Crippen LogP contribution is 2.26. The fourth-order valence-corrected chi connectivity index (χ4v) is 2.81. The molecular formula is C22H26ClN3O3. The molecule has 7 heteroatoms. The molecule has 1 heterocycles. The number of pyridine rings is 1. The van der Waals surface area contributed by atoms with Gasteiger partial charge in [-0.3, -0.25) is 4.79 Å². The van der Waals surface area contributed by atoms with Crippen molar-refractivity contribution in [3.8, 4) is 17.4 Å². The van der Waals surface area contributed by atoms with E-state index >= 15 is 0 Å². The SMILES string of the molecule is CC(C)Oc1ccc(Oc2ccc3cc(C(C)NC(=O)CN)ccc3n2)cc1.Cl. The van der Waals surface area contributed by atoms with Crippen LogP contribution in [0.15, 0.2) is 54.6 Å². The Balaban J connectivity index is 0.00000300. The molecule has 0 aliphatic heterocycles. The van der Waals surface area contributed by atoms with E-state index in [1.807, 2.05) is 75.4 Å². The van der Waals surface area contributed by atoms with Gasteiger partial charge in [0, 0.05) is 11.5 Å². The number of carbonyl (C=O) groups excluding carboxylic acids is 1. The first-order valence-corrected chi connectivity index (χ1v) is 9.29. The maximum atomic E-state index is 11.5. The lowest BCUT2D eigenvalue weighted by Crippen LogP contribution is -2.32. The van der Waals surface area contributed by atoms with Crippen molar-refractivity contribution in [3.05, 3.63) is 60.2 Å². The Morgan fingerprint density at radius 1 is 1.03 bits per heavy atom. The van der Waals surface area contributed by atoms with Gasteiger partial charge in [-0.2, -0.15) is 0 Å². The van der Waals surface area contributed by atoms with Gasteiger partial charge in [0.25, 0.3) is 0 Å². The van der Waals surface area contributed by atoms with Crippen molar-refractivity contribution >= 4 is 29.2 Å². The summed E-state index contributed by atoms with van der Waals surface area (Å²) in [6.45, 7) is 5.88. The van der Waals surface area contributed by atoms with E-state index in [2.05, 4.69) is 10.3 Å². The molecule has 29 heavy (non-hydrogen) atoms. The number of amides is 1. The van der Waals surface area contributed by atoms with Crippen LogP contribution in [0.3, 0.4) is 0 Å². The number of carbonyl (C=O) groups is 1. The zero-order valence-electron chi connectivity index (χ0n) is 16.7. The smallest absolute Gasteiger partial charge is 0.234 e. The summed E-state index contributed by atoms with van der Waals surface area (Å²) in [4.78, 5) is 16.0. The summed E-state index contributed by atoms with van der Waals surface area (Å²) in [5, 5.41) is 3.82. The quantitative estimate of drug-likeness (QED) is 0.598. The Morgan fingerprint density at radius 2 is 1.72 bits per heavy atom. The summed E-state index contributed by atoms with van der Waals surface area (Å²) >= 11 is 0. The third-order valence-corrected chi connectivity index (χ3v) is 4.17. The molecule has 0 aliphatic carbocycles. The number of halogens is 1. The van der Waals surface area contributed by atoms with Crippen LogP contribution in [0, 0.1) is 0 Å². The van der Waals surface area contributed by atoms with Crippen LogP contribution < -0.4 is 20.5 Å². The van der Waals surface area contributed by atoms with Gasteiger partial charge < -0.3 is 20.5 Å². The van der Waals surface area contributed by atoms with Crippen molar-refractivity contribution < 1.29 is 14.3 Å². The third-order valence-electron chi connectivity index (χ3n) is 4.17. The summed E-state index contributed by atoms with van der Waals surface area (Å²) in [5.41, 5.74) is 7.16. The highest BCUT2D eigenvalue weighted by Gasteiger charge is 2.10. The second-order valence-electron chi connectivity index (χ2n) is 6.84. The van der Waals surface area contributed by atoms with Crippen molar-refractivity contribution in [3.63, 3.8) is 0 Å². The van der Waals surface area contributed by atoms with Gasteiger partial charge in [0.2, 0.25) is 11.8 Å². The number of nitrogens with two attached hydrogens (primary N) is 1. The van der Waals surface area contributed by atoms with Gasteiger partial charge in [0.05, 0.1) is 24.2 Å². The summed E-state index contributed by atoms with van der Waals surface area (Å²) in [6.07, 6.45) is 0.130. The number of nitrogens with one attached hydrogen (secondary N) is 1. The highest BCUT2D eigenvalue weighted by molar-refractivity contribution is 5.85. The maximum Gasteiger partial charge on any atom is 0.234 e. The van der Waals surface area contributed by atoms with Crippen molar-refractivity contribution in [1.29, 1.82) is 0 Å². The third kappa shape index (κ3) is 6.07. The van der Waals surface area contributed by atoms with Gasteiger partial charge in [0.1, 0.15) is 11.5 Å². The van der Waals surface area contributed by atoms with Gasteiger partial charge >= 0.3 is 0 Å². The molecule has 2 aromatic carbocycles. The van der Waals surface area contributed by atoms with E-state index in [1.54, 1.807) is 0 Å². The first-order valence-electron chi connectivity index (χ1n) is 9.29. The monoisotopic (exact) mass is 415 g/mol. The van der Waals surface area contributed by atoms with E-state index in [0.29, 0.717) is 11.6 Å². The van der Waals surface area contributed by atoms with Crippen molar-refractivity contribution in [2.75, 3.05) is 6.54 Å². The standard InChI is InChI=1S/C22H25N3O3.ClH/c1-14(2)27-18-6-8-19(9-7-18)28-22-11-5-17-12-16(4-10-20(17)25-22)15(3)24-21(26)13-23;/h4-12,14-15H,13,23H2,1-3H3,(H,24,26);1H. The summed E-state index contributed by atoms with van der Waals surface area (Å²) in [5.74, 6) is 1.83. The molecule has 0 saturated heterocycles. The Bertz CT molecular complexity index is 961. The van der Waals surface area contributed by atoms with E-state index < -0.39 is 0 Å². The van der Waals surface area contributed by atoms with E-state index in [4.69, 9.17) is 15.2 Å². The molecule has 3 aromatic rings. The number of nitrogens with zero attached hydrogens (tertiary/aromatic N) is 1. The van der Waals surface area contributed by atoms with Crippen molar-refractivity contribution in [2.24, 2.45) is 5.73 Å². The van der Waals surface area contributed by atoms with Gasteiger partial charge in [-0.05, 0) is 68.8 Å². The van der Waals surface area contributed by atoms with E-state index in [1.165, 1.54) is 0 Å². The first kappa shape index (κ1) is 22.5. The van der Waals surface area contributed by atoms with Crippen LogP contribution in [0.2, 0.25) is 0 Å². The van der Waals surface area contributed by atoms with E-state index in [-0.39, 0.29) is 37.0 Å². The molecule has 1 atom stereocenters. The minimum Gasteiger partial charge on any atom is -0.491 e. The molecule has 0 aliphatic rings. The number of fused-ring (bicyclic) bond motifs is 1. The molecule has 3 N–H and O–H groups in total. The Hall–Kier alpha value is -2.83. The fourth-order valence-electron chi connectivity index (χ4n) is 2.81. The van der Waals surface area contributed by atoms with E-state index in [9.17, 15) is 4.79 Å². The van der Waals surface area contributed by atoms with Crippen LogP contribution in [0.1, 0.15) is 32.4 Å². The minimum absolute atomic E-state index is 0. The molecule has 1 unspecified atom stereocenters.